The second-order valence-corrected chi connectivity index (χ2v) is 49.5. The Bertz CT molecular complexity index is 4850. The zero-order chi connectivity index (χ0) is 109. The lowest BCUT2D eigenvalue weighted by Crippen LogP contribution is -2.63. The van der Waals surface area contributed by atoms with Gasteiger partial charge in [0.25, 0.3) is 17.7 Å². The van der Waals surface area contributed by atoms with Crippen LogP contribution in [0.15, 0.2) is 25.3 Å². The van der Waals surface area contributed by atoms with Gasteiger partial charge in [-0.25, -0.2) is 14.4 Å². The van der Waals surface area contributed by atoms with E-state index in [0.717, 1.165) is 25.7 Å². The van der Waals surface area contributed by atoms with E-state index in [0.29, 0.717) is 58.2 Å². The Balaban J connectivity index is 0.000000264. The van der Waals surface area contributed by atoms with Gasteiger partial charge in [-0.1, -0.05) is 231 Å². The van der Waals surface area contributed by atoms with Crippen molar-refractivity contribution in [1.29, 1.82) is 0 Å². The number of ketones is 3. The number of likely N-dealkylation sites (tertiary alicyclic amines) is 6. The number of unbranched alkanes of at least 4 members (excludes halogenated alkanes) is 1. The molecule has 21 amide bonds. The summed E-state index contributed by atoms with van der Waals surface area (Å²) in [5.41, 5.74) is 0.747. The van der Waals surface area contributed by atoms with Crippen molar-refractivity contribution in [2.24, 2.45) is 95.9 Å². The van der Waals surface area contributed by atoms with Crippen LogP contribution in [0.3, 0.4) is 0 Å². The topological polar surface area (TPSA) is 536 Å². The number of fused-ring (bicyclic) bond motifs is 3. The summed E-state index contributed by atoms with van der Waals surface area (Å²) in [6.07, 6.45) is 11.7. The maximum Gasteiger partial charge on any atom is 0.315 e. The summed E-state index contributed by atoms with van der Waals surface area (Å²) >= 11 is 0. The summed E-state index contributed by atoms with van der Waals surface area (Å²) in [5, 5.41) is 30.6. The molecule has 0 aromatic carbocycles. The number of nitrogens with zero attached hydrogens (tertiary/aromatic N) is 6. The highest BCUT2D eigenvalue weighted by Crippen LogP contribution is 2.67. The fourth-order valence-electron chi connectivity index (χ4n) is 21.3. The van der Waals surface area contributed by atoms with E-state index < -0.39 is 194 Å². The van der Waals surface area contributed by atoms with Crippen LogP contribution in [0.5, 0.6) is 0 Å². The molecule has 18 atom stereocenters. The van der Waals surface area contributed by atoms with Gasteiger partial charge in [0, 0.05) is 90.9 Å². The third-order valence-electron chi connectivity index (χ3n) is 31.4. The van der Waals surface area contributed by atoms with Gasteiger partial charge in [-0.05, 0) is 129 Å². The molecule has 10 rings (SSSR count). The number of rotatable bonds is 38. The molecule has 144 heavy (non-hydrogen) atoms. The molecule has 6 aliphatic heterocycles. The number of carbonyl (C=O) groups is 21. The average Bonchev–Trinajstić information content (AvgIpc) is 1.53. The molecule has 0 aromatic heterocycles. The molecule has 0 aromatic rings. The monoisotopic (exact) mass is 2020 g/mol. The number of nitrogens with two attached hydrogens (primary N) is 1. The Labute approximate surface area is 850 Å². The van der Waals surface area contributed by atoms with Crippen molar-refractivity contribution in [2.45, 2.75) is 368 Å². The first-order valence-corrected chi connectivity index (χ1v) is 51.7. The van der Waals surface area contributed by atoms with Crippen LogP contribution >= 0.6 is 0 Å². The largest absolute Gasteiger partial charge is 0.363 e. The van der Waals surface area contributed by atoms with Gasteiger partial charge in [0.1, 0.15) is 36.3 Å². The van der Waals surface area contributed by atoms with Gasteiger partial charge in [-0.15, -0.1) is 13.2 Å². The number of imide groups is 3. The highest BCUT2D eigenvalue weighted by molar-refractivity contribution is 6.39. The van der Waals surface area contributed by atoms with E-state index in [1.165, 1.54) is 41.6 Å². The van der Waals surface area contributed by atoms with E-state index in [9.17, 15) is 101 Å². The van der Waals surface area contributed by atoms with E-state index in [1.807, 2.05) is 166 Å². The maximum atomic E-state index is 14.4. The van der Waals surface area contributed by atoms with Gasteiger partial charge in [0.2, 0.25) is 88.2 Å². The molecule has 0 bridgehead atoms. The van der Waals surface area contributed by atoms with Crippen LogP contribution in [0.2, 0.25) is 0 Å². The first-order valence-electron chi connectivity index (χ1n) is 51.7. The second-order valence-electron chi connectivity index (χ2n) is 49.5. The quantitative estimate of drug-likeness (QED) is 0.0171. The summed E-state index contributed by atoms with van der Waals surface area (Å²) < 4.78 is 0. The fraction of sp³-hybridized carbons (Fsp3) is 0.762. The van der Waals surface area contributed by atoms with E-state index >= 15 is 0 Å². The standard InChI is InChI=1S/C37H58N6O7.C35H56N6O7.C33H54N6O7/c1-10-17-38-32(48)29(46)23(18-21-13-11-14-21)39-31(47)28-27-22(37(27,8)9)19-43(28)33(49)30(36(5,6)7)41-34(50)40-24(35(2,3)4)20-42-25(44)15-12-16-26(42)45;1-11-14-21(27(44)30(46)36-17-12-2)37-29(45)26-25-20(35(25,9)10)18-41(26)31(47)28(34(6,7)8)39-32(48)38-22(33(3,4)5)19-40-23(42)15-13-16-24(40)43;1-10-11-13-19(25(42)27(34)43)35-28(44)24-23-18(33(23,8)9)16-39(24)29(45)26(32(5,6)7)37-30(46)36-20(31(2,3)4)17-38-21(40)14-12-15-22(38)41/h10,21-24,27-28,30H,1,11-20H2,2-9H3,(H,38,48)(H,39,47)(H2,40,41,50);12,20-22,25-26,28H,2,11,13-19H2,1,3-10H3,(H,36,46)(H,37,45)(H2,38,39,48);18-20,23-24,26H,10-17H2,1-9H3,(H2,34,43)(H,35,44)(H2,36,37,46)/t22-,23?,24+,27-,28-,30+;20-,21?,22+,25-,26-,28+;18-,19?,20+,23-,24-,26+/m000/s1. The summed E-state index contributed by atoms with van der Waals surface area (Å²) in [4.78, 5) is 285. The molecule has 13 N–H and O–H groups in total. The van der Waals surface area contributed by atoms with E-state index in [-0.39, 0.29) is 177 Å². The van der Waals surface area contributed by atoms with Crippen molar-refractivity contribution in [3.8, 4) is 0 Å². The van der Waals surface area contributed by atoms with Crippen LogP contribution in [0.25, 0.3) is 0 Å². The normalized spacial score (nSPS) is 24.4. The minimum atomic E-state index is -1.13. The predicted octanol–water partition coefficient (Wildman–Crippen LogP) is 6.84. The zero-order valence-electron chi connectivity index (χ0n) is 90.3. The molecule has 10 aliphatic rings. The number of piperidine rings is 6. The number of urea groups is 3. The van der Waals surface area contributed by atoms with Gasteiger partial charge in [-0.2, -0.15) is 0 Å². The molecule has 39 heteroatoms. The molecule has 0 spiro atoms. The van der Waals surface area contributed by atoms with Crippen molar-refractivity contribution in [3.05, 3.63) is 25.3 Å². The first kappa shape index (κ1) is 118. The number of hydrogen-bond donors (Lipinski definition) is 12. The summed E-state index contributed by atoms with van der Waals surface area (Å²) in [6.45, 7) is 57.7. The molecule has 4 saturated carbocycles. The summed E-state index contributed by atoms with van der Waals surface area (Å²) in [7, 11) is 0. The molecule has 39 nitrogen and oxygen atoms in total. The van der Waals surface area contributed by atoms with Gasteiger partial charge in [-0.3, -0.25) is 101 Å². The maximum absolute atomic E-state index is 14.4. The van der Waals surface area contributed by atoms with Gasteiger partial charge in [0.15, 0.2) is 0 Å². The lowest BCUT2D eigenvalue weighted by atomic mass is 9.80. The van der Waals surface area contributed by atoms with E-state index in [4.69, 9.17) is 5.73 Å². The Morgan fingerprint density at radius 3 is 0.875 bits per heavy atom. The number of amides is 21. The van der Waals surface area contributed by atoms with Crippen LogP contribution in [-0.4, -0.2) is 278 Å². The van der Waals surface area contributed by atoms with Crippen molar-refractivity contribution in [2.75, 3.05) is 52.4 Å². The molecule has 0 radical (unpaired) electrons. The smallest absolute Gasteiger partial charge is 0.315 e. The SMILES string of the molecule is C=CCNC(=O)C(=O)C(CC1CCC1)NC(=O)[C@@H]1[C@@H]2[C@H](CN1C(=O)[C@@H](NC(=O)N[C@H](CN1C(=O)CCCC1=O)C(C)(C)C)C(C)(C)C)C2(C)C.C=CCNC(=O)C(=O)C(CCC)NC(=O)[C@@H]1[C@@H]2[C@H](CN1C(=O)[C@@H](NC(=O)N[C@H](CN1C(=O)CCCC1=O)C(C)(C)C)C(C)(C)C)C2(C)C.CCCCC(NC(=O)[C@@H]1[C@@H]2[C@H](CN1C(=O)[C@@H](NC(=O)N[C@H](CN1C(=O)CCCC1=O)C(C)(C)C)C(C)(C)C)C2(C)C)C(=O)C(N)=O. The number of nitrogens with one attached hydrogen (secondary N) is 11. The second kappa shape index (κ2) is 46.8. The highest BCUT2D eigenvalue weighted by Gasteiger charge is 2.73. The first-order chi connectivity index (χ1) is 66.5. The number of carbonyl (C=O) groups excluding carboxylic acids is 21. The fourth-order valence-corrected chi connectivity index (χ4v) is 21.3. The minimum Gasteiger partial charge on any atom is -0.363 e. The average molecular weight is 2020 g/mol. The number of primary amides is 1. The van der Waals surface area contributed by atoms with Crippen LogP contribution in [-0.2, 0) is 86.3 Å². The summed E-state index contributed by atoms with van der Waals surface area (Å²) in [5.74, 6) is -9.63. The Kier molecular flexibility index (Phi) is 38.4. The lowest BCUT2D eigenvalue weighted by molar-refractivity contribution is -0.150. The molecular formula is C105H168N18O21. The van der Waals surface area contributed by atoms with Crippen LogP contribution in [0.4, 0.5) is 14.4 Å². The zero-order valence-corrected chi connectivity index (χ0v) is 90.3. The van der Waals surface area contributed by atoms with Crippen molar-refractivity contribution < 1.29 is 101 Å². The highest BCUT2D eigenvalue weighted by atomic mass is 16.2. The lowest BCUT2D eigenvalue weighted by Gasteiger charge is -2.39. The molecule has 804 valence electrons. The van der Waals surface area contributed by atoms with Crippen LogP contribution in [0, 0.1) is 90.2 Å². The Morgan fingerprint density at radius 2 is 0.639 bits per heavy atom. The van der Waals surface area contributed by atoms with Gasteiger partial charge in [0.05, 0.1) is 36.3 Å². The van der Waals surface area contributed by atoms with Crippen molar-refractivity contribution in [1.82, 2.24) is 87.9 Å². The van der Waals surface area contributed by atoms with Crippen molar-refractivity contribution >= 4 is 124 Å². The molecular weight excluding hydrogens is 1850 g/mol. The van der Waals surface area contributed by atoms with Gasteiger partial charge < -0.3 is 78.9 Å². The van der Waals surface area contributed by atoms with Crippen LogP contribution < -0.4 is 64.2 Å². The third-order valence-corrected chi connectivity index (χ3v) is 31.4. The molecule has 10 fully saturated rings. The predicted molar refractivity (Wildman–Crippen MR) is 538 cm³/mol. The molecule has 6 saturated heterocycles. The Morgan fingerprint density at radius 1 is 0.368 bits per heavy atom. The van der Waals surface area contributed by atoms with Crippen LogP contribution in [0.1, 0.15) is 296 Å². The Hall–Kier alpha value is -11.0. The third kappa shape index (κ3) is 28.6. The summed E-state index contributed by atoms with van der Waals surface area (Å²) in [6, 6.07) is -12.6. The van der Waals surface area contributed by atoms with Gasteiger partial charge >= 0.3 is 18.1 Å². The molecule has 3 unspecified atom stereocenters. The van der Waals surface area contributed by atoms with E-state index in [2.05, 4.69) is 85.5 Å². The minimum absolute atomic E-state index is 0.0127. The van der Waals surface area contributed by atoms with E-state index in [1.54, 1.807) is 0 Å². The number of Topliss-reactive ketones (excluding diaryl/α,β-unsaturated/α-hetero) is 3. The molecule has 4 aliphatic carbocycles. The molecule has 6 heterocycles. The number of hydrogen-bond acceptors (Lipinski definition) is 21. The van der Waals surface area contributed by atoms with Crippen molar-refractivity contribution in [3.63, 3.8) is 0 Å².